The van der Waals surface area contributed by atoms with Crippen LogP contribution in [0.1, 0.15) is 47.8 Å². The Bertz CT molecular complexity index is 752. The van der Waals surface area contributed by atoms with Crippen LogP contribution in [0.3, 0.4) is 0 Å². The molecule has 0 bridgehead atoms. The van der Waals surface area contributed by atoms with Gasteiger partial charge in [0, 0.05) is 11.1 Å². The van der Waals surface area contributed by atoms with Gasteiger partial charge in [0.05, 0.1) is 12.2 Å². The lowest BCUT2D eigenvalue weighted by Gasteiger charge is -2.24. The van der Waals surface area contributed by atoms with E-state index >= 15 is 0 Å². The smallest absolute Gasteiger partial charge is 0.196 e. The first kappa shape index (κ1) is 16.7. The molecule has 1 unspecified atom stereocenters. The molecule has 1 atom stereocenters. The molecule has 0 radical (unpaired) electrons. The van der Waals surface area contributed by atoms with Crippen molar-refractivity contribution in [2.75, 3.05) is 13.2 Å². The minimum Gasteiger partial charge on any atom is -0.490 e. The van der Waals surface area contributed by atoms with E-state index < -0.39 is 0 Å². The molecule has 1 aliphatic rings. The lowest BCUT2D eigenvalue weighted by molar-refractivity contribution is 0.103. The highest BCUT2D eigenvalue weighted by Gasteiger charge is 2.28. The number of aryl methyl sites for hydroxylation is 1. The lowest BCUT2D eigenvalue weighted by atomic mass is 9.84. The molecular formula is C21H24O3. The zero-order chi connectivity index (χ0) is 17.3. The van der Waals surface area contributed by atoms with Gasteiger partial charge in [0.2, 0.25) is 0 Å². The molecule has 1 aliphatic heterocycles. The second-order valence-corrected chi connectivity index (χ2v) is 7.40. The number of epoxide rings is 1. The number of benzene rings is 2. The molecule has 24 heavy (non-hydrogen) atoms. The highest BCUT2D eigenvalue weighted by molar-refractivity contribution is 6.11. The molecule has 0 saturated carbocycles. The van der Waals surface area contributed by atoms with Crippen molar-refractivity contribution in [3.63, 3.8) is 0 Å². The highest BCUT2D eigenvalue weighted by Crippen LogP contribution is 2.35. The number of hydrogen-bond donors (Lipinski definition) is 0. The molecule has 3 heteroatoms. The molecule has 1 heterocycles. The topological polar surface area (TPSA) is 38.8 Å². The van der Waals surface area contributed by atoms with Crippen LogP contribution in [0, 0.1) is 6.92 Å². The van der Waals surface area contributed by atoms with Crippen LogP contribution in [0.25, 0.3) is 0 Å². The molecule has 3 rings (SSSR count). The Morgan fingerprint density at radius 1 is 1.21 bits per heavy atom. The summed E-state index contributed by atoms with van der Waals surface area (Å²) in [6.07, 6.45) is 0.153. The molecule has 0 aliphatic carbocycles. The van der Waals surface area contributed by atoms with Crippen molar-refractivity contribution in [2.24, 2.45) is 0 Å². The molecular weight excluding hydrogens is 300 g/mol. The first-order valence-electron chi connectivity index (χ1n) is 8.35. The highest BCUT2D eigenvalue weighted by atomic mass is 16.6. The number of carbonyl (C=O) groups is 1. The zero-order valence-corrected chi connectivity index (χ0v) is 14.8. The van der Waals surface area contributed by atoms with Crippen molar-refractivity contribution in [2.45, 2.75) is 39.2 Å². The van der Waals surface area contributed by atoms with Gasteiger partial charge in [-0.15, -0.1) is 0 Å². The molecule has 3 nitrogen and oxygen atoms in total. The van der Waals surface area contributed by atoms with Gasteiger partial charge in [-0.25, -0.2) is 0 Å². The Balaban J connectivity index is 2.03. The first-order chi connectivity index (χ1) is 11.4. The maximum atomic E-state index is 13.0. The van der Waals surface area contributed by atoms with Crippen LogP contribution < -0.4 is 4.74 Å². The van der Waals surface area contributed by atoms with E-state index in [0.717, 1.165) is 17.7 Å². The van der Waals surface area contributed by atoms with Crippen molar-refractivity contribution in [3.8, 4) is 5.75 Å². The third-order valence-electron chi connectivity index (χ3n) is 4.16. The van der Waals surface area contributed by atoms with E-state index in [-0.39, 0.29) is 17.3 Å². The second-order valence-electron chi connectivity index (χ2n) is 7.40. The van der Waals surface area contributed by atoms with Gasteiger partial charge >= 0.3 is 0 Å². The number of rotatable bonds is 5. The lowest BCUT2D eigenvalue weighted by Crippen LogP contribution is -2.18. The number of para-hydroxylation sites is 1. The van der Waals surface area contributed by atoms with Gasteiger partial charge in [-0.3, -0.25) is 4.79 Å². The van der Waals surface area contributed by atoms with Crippen LogP contribution >= 0.6 is 0 Å². The molecule has 0 spiro atoms. The SMILES string of the molecule is Cc1cccc(C(=O)c2cccc(C(C)(C)C)c2OCC2CO2)c1. The molecule has 126 valence electrons. The fourth-order valence-electron chi connectivity index (χ4n) is 2.74. The minimum absolute atomic E-state index is 0.00323. The Labute approximate surface area is 143 Å². The standard InChI is InChI=1S/C21H24O3/c1-14-7-5-8-15(11-14)19(22)17-9-6-10-18(21(2,3)4)20(17)24-13-16-12-23-16/h5-11,16H,12-13H2,1-4H3. The van der Waals surface area contributed by atoms with Crippen LogP contribution in [0.15, 0.2) is 42.5 Å². The number of hydrogen-bond acceptors (Lipinski definition) is 3. The van der Waals surface area contributed by atoms with Crippen molar-refractivity contribution in [1.29, 1.82) is 0 Å². The van der Waals surface area contributed by atoms with Crippen LogP contribution in [-0.4, -0.2) is 25.1 Å². The summed E-state index contributed by atoms with van der Waals surface area (Å²) >= 11 is 0. The zero-order valence-electron chi connectivity index (χ0n) is 14.8. The number of ether oxygens (including phenoxy) is 2. The monoisotopic (exact) mass is 324 g/mol. The second kappa shape index (κ2) is 6.40. The number of carbonyl (C=O) groups excluding carboxylic acids is 1. The Morgan fingerprint density at radius 2 is 1.92 bits per heavy atom. The Hall–Kier alpha value is -2.13. The normalized spacial score (nSPS) is 16.8. The van der Waals surface area contributed by atoms with Crippen LogP contribution in [-0.2, 0) is 10.2 Å². The average molecular weight is 324 g/mol. The molecule has 1 saturated heterocycles. The van der Waals surface area contributed by atoms with E-state index in [9.17, 15) is 4.79 Å². The minimum atomic E-state index is -0.108. The summed E-state index contributed by atoms with van der Waals surface area (Å²) < 4.78 is 11.3. The summed E-state index contributed by atoms with van der Waals surface area (Å²) in [4.78, 5) is 13.0. The van der Waals surface area contributed by atoms with Gasteiger partial charge < -0.3 is 9.47 Å². The predicted molar refractivity (Wildman–Crippen MR) is 95.0 cm³/mol. The third-order valence-corrected chi connectivity index (χ3v) is 4.16. The molecule has 0 aromatic heterocycles. The molecule has 2 aromatic rings. The van der Waals surface area contributed by atoms with E-state index in [2.05, 4.69) is 20.8 Å². The Morgan fingerprint density at radius 3 is 2.54 bits per heavy atom. The molecule has 1 fully saturated rings. The van der Waals surface area contributed by atoms with Gasteiger partial charge in [0.25, 0.3) is 0 Å². The van der Waals surface area contributed by atoms with E-state index in [0.29, 0.717) is 23.5 Å². The molecule has 0 amide bonds. The van der Waals surface area contributed by atoms with Gasteiger partial charge in [-0.05, 0) is 24.5 Å². The third kappa shape index (κ3) is 3.68. The fraction of sp³-hybridized carbons (Fsp3) is 0.381. The first-order valence-corrected chi connectivity index (χ1v) is 8.35. The van der Waals surface area contributed by atoms with Crippen LogP contribution in [0.2, 0.25) is 0 Å². The van der Waals surface area contributed by atoms with Crippen molar-refractivity contribution in [3.05, 3.63) is 64.7 Å². The molecule has 0 N–H and O–H groups in total. The largest absolute Gasteiger partial charge is 0.490 e. The van der Waals surface area contributed by atoms with Gasteiger partial charge in [-0.1, -0.05) is 56.7 Å². The summed E-state index contributed by atoms with van der Waals surface area (Å²) in [5, 5.41) is 0. The Kier molecular flexibility index (Phi) is 4.46. The van der Waals surface area contributed by atoms with Crippen molar-refractivity contribution >= 4 is 5.78 Å². The van der Waals surface area contributed by atoms with E-state index in [1.165, 1.54) is 0 Å². The maximum absolute atomic E-state index is 13.0. The van der Waals surface area contributed by atoms with E-state index in [1.54, 1.807) is 0 Å². The molecule has 2 aromatic carbocycles. The average Bonchev–Trinajstić information content (AvgIpc) is 3.35. The maximum Gasteiger partial charge on any atom is 0.196 e. The van der Waals surface area contributed by atoms with Gasteiger partial charge in [0.15, 0.2) is 5.78 Å². The van der Waals surface area contributed by atoms with Gasteiger partial charge in [-0.2, -0.15) is 0 Å². The van der Waals surface area contributed by atoms with E-state index in [1.807, 2.05) is 49.4 Å². The van der Waals surface area contributed by atoms with Crippen LogP contribution in [0.5, 0.6) is 5.75 Å². The van der Waals surface area contributed by atoms with Crippen molar-refractivity contribution < 1.29 is 14.3 Å². The number of ketones is 1. The van der Waals surface area contributed by atoms with E-state index in [4.69, 9.17) is 9.47 Å². The summed E-state index contributed by atoms with van der Waals surface area (Å²) in [6, 6.07) is 13.5. The van der Waals surface area contributed by atoms with Gasteiger partial charge in [0.1, 0.15) is 18.5 Å². The van der Waals surface area contributed by atoms with Crippen molar-refractivity contribution in [1.82, 2.24) is 0 Å². The summed E-state index contributed by atoms with van der Waals surface area (Å²) in [7, 11) is 0. The van der Waals surface area contributed by atoms with Crippen LogP contribution in [0.4, 0.5) is 0 Å². The predicted octanol–water partition coefficient (Wildman–Crippen LogP) is 4.30. The fourth-order valence-corrected chi connectivity index (χ4v) is 2.74. The summed E-state index contributed by atoms with van der Waals surface area (Å²) in [6.45, 7) is 9.60. The summed E-state index contributed by atoms with van der Waals surface area (Å²) in [5.41, 5.74) is 3.31. The quantitative estimate of drug-likeness (QED) is 0.608. The summed E-state index contributed by atoms with van der Waals surface area (Å²) in [5.74, 6) is 0.684.